The normalized spacial score (nSPS) is 22.9. The maximum atomic E-state index is 11.4. The number of H-pyrrole nitrogens is 1. The Morgan fingerprint density at radius 1 is 1.40 bits per heavy atom. The predicted molar refractivity (Wildman–Crippen MR) is 75.0 cm³/mol. The maximum absolute atomic E-state index is 11.4. The molecule has 0 aliphatic heterocycles. The van der Waals surface area contributed by atoms with Crippen LogP contribution >= 0.6 is 0 Å². The Bertz CT molecular complexity index is 635. The van der Waals surface area contributed by atoms with Crippen molar-refractivity contribution in [1.82, 2.24) is 9.97 Å². The number of aromatic nitrogens is 2. The van der Waals surface area contributed by atoms with Gasteiger partial charge >= 0.3 is 5.97 Å². The lowest BCUT2D eigenvalue weighted by Crippen LogP contribution is -2.26. The fraction of sp³-hybridized carbons (Fsp3) is 0.467. The molecule has 5 heteroatoms. The number of carbonyl (C=O) groups is 1. The average molecular weight is 274 g/mol. The van der Waals surface area contributed by atoms with Gasteiger partial charge in [0.15, 0.2) is 0 Å². The van der Waals surface area contributed by atoms with Crippen LogP contribution in [0.1, 0.15) is 37.4 Å². The van der Waals surface area contributed by atoms with Crippen LogP contribution in [0.25, 0.3) is 11.0 Å². The Balaban J connectivity index is 1.97. The summed E-state index contributed by atoms with van der Waals surface area (Å²) in [6, 6.07) is 5.65. The number of rotatable bonds is 3. The van der Waals surface area contributed by atoms with Crippen molar-refractivity contribution in [2.24, 2.45) is 5.92 Å². The highest BCUT2D eigenvalue weighted by molar-refractivity contribution is 5.77. The van der Waals surface area contributed by atoms with E-state index in [4.69, 9.17) is 4.74 Å². The van der Waals surface area contributed by atoms with Gasteiger partial charge in [-0.3, -0.25) is 4.79 Å². The third-order valence-electron chi connectivity index (χ3n) is 4.14. The van der Waals surface area contributed by atoms with Gasteiger partial charge in [-0.2, -0.15) is 0 Å². The molecule has 3 rings (SSSR count). The summed E-state index contributed by atoms with van der Waals surface area (Å²) in [4.78, 5) is 19.2. The van der Waals surface area contributed by atoms with Crippen LogP contribution in [0.2, 0.25) is 0 Å². The lowest BCUT2D eigenvalue weighted by atomic mass is 9.79. The van der Waals surface area contributed by atoms with E-state index in [-0.39, 0.29) is 11.8 Å². The topological polar surface area (TPSA) is 75.2 Å². The van der Waals surface area contributed by atoms with Crippen LogP contribution in [-0.2, 0) is 4.79 Å². The third-order valence-corrected chi connectivity index (χ3v) is 4.14. The van der Waals surface area contributed by atoms with E-state index in [2.05, 4.69) is 9.97 Å². The van der Waals surface area contributed by atoms with Crippen LogP contribution in [-0.4, -0.2) is 28.2 Å². The SMILES string of the molecule is COc1ccc2nc(C3CCCCC3C(=O)O)[nH]c2c1. The van der Waals surface area contributed by atoms with Gasteiger partial charge in [0.2, 0.25) is 0 Å². The number of carboxylic acids is 1. The van der Waals surface area contributed by atoms with Gasteiger partial charge in [-0.1, -0.05) is 12.8 Å². The minimum absolute atomic E-state index is 0.0142. The van der Waals surface area contributed by atoms with Crippen LogP contribution < -0.4 is 4.74 Å². The van der Waals surface area contributed by atoms with Crippen molar-refractivity contribution in [3.05, 3.63) is 24.0 Å². The number of hydrogen-bond donors (Lipinski definition) is 2. The van der Waals surface area contributed by atoms with Crippen LogP contribution in [0.5, 0.6) is 5.75 Å². The van der Waals surface area contributed by atoms with Gasteiger partial charge in [-0.15, -0.1) is 0 Å². The van der Waals surface area contributed by atoms with Crippen LogP contribution in [0.4, 0.5) is 0 Å². The minimum Gasteiger partial charge on any atom is -0.497 e. The number of aromatic amines is 1. The van der Waals surface area contributed by atoms with Crippen molar-refractivity contribution in [3.63, 3.8) is 0 Å². The number of aliphatic carboxylic acids is 1. The Morgan fingerprint density at radius 3 is 2.95 bits per heavy atom. The largest absolute Gasteiger partial charge is 0.497 e. The second-order valence-corrected chi connectivity index (χ2v) is 5.34. The molecule has 2 aromatic rings. The fourth-order valence-electron chi connectivity index (χ4n) is 3.06. The van der Waals surface area contributed by atoms with Crippen LogP contribution in [0, 0.1) is 5.92 Å². The summed E-state index contributed by atoms with van der Waals surface area (Å²) in [5.41, 5.74) is 1.75. The molecule has 1 saturated carbocycles. The first kappa shape index (κ1) is 13.0. The van der Waals surface area contributed by atoms with E-state index >= 15 is 0 Å². The number of nitrogens with zero attached hydrogens (tertiary/aromatic N) is 1. The van der Waals surface area contributed by atoms with E-state index in [1.165, 1.54) is 0 Å². The molecular formula is C15H18N2O3. The molecule has 0 spiro atoms. The number of ether oxygens (including phenoxy) is 1. The van der Waals surface area contributed by atoms with E-state index in [0.29, 0.717) is 0 Å². The van der Waals surface area contributed by atoms with Crippen molar-refractivity contribution in [3.8, 4) is 5.75 Å². The summed E-state index contributed by atoms with van der Waals surface area (Å²) < 4.78 is 5.19. The molecule has 1 aromatic heterocycles. The smallest absolute Gasteiger partial charge is 0.307 e. The summed E-state index contributed by atoms with van der Waals surface area (Å²) in [5, 5.41) is 9.37. The van der Waals surface area contributed by atoms with Crippen molar-refractivity contribution >= 4 is 17.0 Å². The van der Waals surface area contributed by atoms with Crippen molar-refractivity contribution in [1.29, 1.82) is 0 Å². The van der Waals surface area contributed by atoms with Crippen LogP contribution in [0.15, 0.2) is 18.2 Å². The number of hydrogen-bond acceptors (Lipinski definition) is 3. The molecule has 1 heterocycles. The number of imidazole rings is 1. The number of carboxylic acid groups (broad SMARTS) is 1. The van der Waals surface area contributed by atoms with Gasteiger partial charge in [0.05, 0.1) is 24.1 Å². The Labute approximate surface area is 117 Å². The molecular weight excluding hydrogens is 256 g/mol. The number of nitrogens with one attached hydrogen (secondary N) is 1. The van der Waals surface area contributed by atoms with Gasteiger partial charge in [0.1, 0.15) is 11.6 Å². The van der Waals surface area contributed by atoms with Gasteiger partial charge in [-0.25, -0.2) is 4.98 Å². The van der Waals surface area contributed by atoms with E-state index < -0.39 is 5.97 Å². The maximum Gasteiger partial charge on any atom is 0.307 e. The molecule has 1 aromatic carbocycles. The zero-order chi connectivity index (χ0) is 14.1. The van der Waals surface area contributed by atoms with Gasteiger partial charge in [0, 0.05) is 12.0 Å². The molecule has 20 heavy (non-hydrogen) atoms. The highest BCUT2D eigenvalue weighted by Gasteiger charge is 2.33. The summed E-state index contributed by atoms with van der Waals surface area (Å²) >= 11 is 0. The molecule has 0 radical (unpaired) electrons. The molecule has 106 valence electrons. The minimum atomic E-state index is -0.715. The quantitative estimate of drug-likeness (QED) is 0.902. The van der Waals surface area contributed by atoms with Crippen molar-refractivity contribution in [2.75, 3.05) is 7.11 Å². The first-order valence-corrected chi connectivity index (χ1v) is 6.95. The average Bonchev–Trinajstić information content (AvgIpc) is 2.89. The third kappa shape index (κ3) is 2.24. The second kappa shape index (κ2) is 5.15. The molecule has 1 fully saturated rings. The molecule has 0 saturated heterocycles. The zero-order valence-electron chi connectivity index (χ0n) is 11.4. The lowest BCUT2D eigenvalue weighted by molar-refractivity contribution is -0.143. The highest BCUT2D eigenvalue weighted by atomic mass is 16.5. The van der Waals surface area contributed by atoms with Gasteiger partial charge in [-0.05, 0) is 25.0 Å². The van der Waals surface area contributed by atoms with Gasteiger partial charge in [0.25, 0.3) is 0 Å². The Morgan fingerprint density at radius 2 is 2.20 bits per heavy atom. The number of benzene rings is 1. The monoisotopic (exact) mass is 274 g/mol. The summed E-state index contributed by atoms with van der Waals surface area (Å²) in [6.45, 7) is 0. The standard InChI is InChI=1S/C15H18N2O3/c1-20-9-6-7-12-13(8-9)17-14(16-12)10-4-2-3-5-11(10)15(18)19/h6-8,10-11H,2-5H2,1H3,(H,16,17)(H,18,19). The molecule has 1 aliphatic carbocycles. The van der Waals surface area contributed by atoms with Crippen molar-refractivity contribution < 1.29 is 14.6 Å². The molecule has 0 amide bonds. The summed E-state index contributed by atoms with van der Waals surface area (Å²) in [6.07, 6.45) is 3.67. The number of methoxy groups -OCH3 is 1. The second-order valence-electron chi connectivity index (χ2n) is 5.34. The molecule has 0 bridgehead atoms. The number of fused-ring (bicyclic) bond motifs is 1. The van der Waals surface area contributed by atoms with E-state index in [9.17, 15) is 9.90 Å². The zero-order valence-corrected chi connectivity index (χ0v) is 11.4. The van der Waals surface area contributed by atoms with Crippen LogP contribution in [0.3, 0.4) is 0 Å². The molecule has 1 aliphatic rings. The van der Waals surface area contributed by atoms with Gasteiger partial charge < -0.3 is 14.8 Å². The fourth-order valence-corrected chi connectivity index (χ4v) is 3.06. The molecule has 2 N–H and O–H groups in total. The van der Waals surface area contributed by atoms with E-state index in [1.54, 1.807) is 7.11 Å². The molecule has 2 atom stereocenters. The lowest BCUT2D eigenvalue weighted by Gasteiger charge is -2.26. The molecule has 5 nitrogen and oxygen atoms in total. The Kier molecular flexibility index (Phi) is 3.34. The van der Waals surface area contributed by atoms with E-state index in [1.807, 2.05) is 18.2 Å². The molecule has 2 unspecified atom stereocenters. The first-order chi connectivity index (χ1) is 9.69. The Hall–Kier alpha value is -2.04. The predicted octanol–water partition coefficient (Wildman–Crippen LogP) is 2.93. The van der Waals surface area contributed by atoms with Crippen molar-refractivity contribution in [2.45, 2.75) is 31.6 Å². The first-order valence-electron chi connectivity index (χ1n) is 6.95. The summed E-state index contributed by atoms with van der Waals surface area (Å²) in [5.74, 6) is 0.505. The summed E-state index contributed by atoms with van der Waals surface area (Å²) in [7, 11) is 1.63. The highest BCUT2D eigenvalue weighted by Crippen LogP contribution is 2.37. The van der Waals surface area contributed by atoms with E-state index in [0.717, 1.165) is 48.3 Å².